The summed E-state index contributed by atoms with van der Waals surface area (Å²) in [7, 11) is 1.39. The number of esters is 1. The zero-order valence-corrected chi connectivity index (χ0v) is 10.7. The van der Waals surface area contributed by atoms with Crippen molar-refractivity contribution in [2.75, 3.05) is 12.9 Å². The smallest absolute Gasteiger partial charge is 0.318 e. The molecule has 96 valence electrons. The van der Waals surface area contributed by atoms with E-state index in [1.807, 2.05) is 0 Å². The predicted molar refractivity (Wildman–Crippen MR) is 68.7 cm³/mol. The quantitative estimate of drug-likeness (QED) is 0.477. The summed E-state index contributed by atoms with van der Waals surface area (Å²) < 4.78 is 4.72. The Bertz CT molecular complexity index is 460. The molecular formula is C12H13NO4S. The Morgan fingerprint density at radius 3 is 2.67 bits per heavy atom. The van der Waals surface area contributed by atoms with Crippen molar-refractivity contribution in [3.8, 4) is 0 Å². The molecule has 1 heterocycles. The van der Waals surface area contributed by atoms with E-state index in [1.165, 1.54) is 19.2 Å². The first-order valence-electron chi connectivity index (χ1n) is 5.55. The molecule has 0 amide bonds. The summed E-state index contributed by atoms with van der Waals surface area (Å²) in [5.74, 6) is 0.918. The second-order valence-corrected chi connectivity index (χ2v) is 5.36. The number of benzene rings is 1. The SMILES string of the molecule is COC(=O)[C@@H]1C[C@@H](c2ccc([N+](=O)[O-])cc2)CS1. The van der Waals surface area contributed by atoms with Crippen LogP contribution < -0.4 is 0 Å². The van der Waals surface area contributed by atoms with Gasteiger partial charge in [-0.3, -0.25) is 14.9 Å². The highest BCUT2D eigenvalue weighted by Gasteiger charge is 2.32. The fraction of sp³-hybridized carbons (Fsp3) is 0.417. The van der Waals surface area contributed by atoms with Crippen molar-refractivity contribution in [3.63, 3.8) is 0 Å². The van der Waals surface area contributed by atoms with Gasteiger partial charge in [-0.05, 0) is 17.9 Å². The molecule has 1 fully saturated rings. The third-order valence-electron chi connectivity index (χ3n) is 3.04. The lowest BCUT2D eigenvalue weighted by molar-refractivity contribution is -0.384. The van der Waals surface area contributed by atoms with Gasteiger partial charge in [-0.2, -0.15) is 0 Å². The van der Waals surface area contributed by atoms with Crippen molar-refractivity contribution in [2.24, 2.45) is 0 Å². The number of hydrogen-bond acceptors (Lipinski definition) is 5. The molecule has 1 aromatic carbocycles. The van der Waals surface area contributed by atoms with Crippen LogP contribution in [0.1, 0.15) is 17.9 Å². The molecule has 1 aromatic rings. The van der Waals surface area contributed by atoms with Crippen molar-refractivity contribution in [1.29, 1.82) is 0 Å². The van der Waals surface area contributed by atoms with E-state index >= 15 is 0 Å². The molecule has 0 aromatic heterocycles. The second-order valence-electron chi connectivity index (χ2n) is 4.13. The van der Waals surface area contributed by atoms with Crippen LogP contribution in [0.25, 0.3) is 0 Å². The molecule has 2 atom stereocenters. The molecule has 2 rings (SSSR count). The molecule has 0 N–H and O–H groups in total. The van der Waals surface area contributed by atoms with E-state index in [-0.39, 0.29) is 22.8 Å². The fourth-order valence-electron chi connectivity index (χ4n) is 2.02. The van der Waals surface area contributed by atoms with Crippen LogP contribution in [-0.2, 0) is 9.53 Å². The summed E-state index contributed by atoms with van der Waals surface area (Å²) in [6.45, 7) is 0. The van der Waals surface area contributed by atoms with Crippen molar-refractivity contribution in [2.45, 2.75) is 17.6 Å². The third kappa shape index (κ3) is 2.64. The number of methoxy groups -OCH3 is 1. The van der Waals surface area contributed by atoms with Gasteiger partial charge in [-0.15, -0.1) is 11.8 Å². The normalized spacial score (nSPS) is 22.7. The number of ether oxygens (including phenoxy) is 1. The summed E-state index contributed by atoms with van der Waals surface area (Å²) in [6, 6.07) is 6.54. The van der Waals surface area contributed by atoms with Crippen molar-refractivity contribution < 1.29 is 14.5 Å². The molecule has 18 heavy (non-hydrogen) atoms. The highest BCUT2D eigenvalue weighted by molar-refractivity contribution is 8.00. The number of carbonyl (C=O) groups is 1. The number of nitro benzene ring substituents is 1. The minimum Gasteiger partial charge on any atom is -0.468 e. The minimum atomic E-state index is -0.412. The number of nitrogens with zero attached hydrogens (tertiary/aromatic N) is 1. The Morgan fingerprint density at radius 2 is 2.11 bits per heavy atom. The Labute approximate surface area is 109 Å². The number of non-ortho nitro benzene ring substituents is 1. The van der Waals surface area contributed by atoms with E-state index in [4.69, 9.17) is 4.74 Å². The number of thioether (sulfide) groups is 1. The molecule has 1 saturated heterocycles. The molecule has 0 radical (unpaired) electrons. The molecule has 0 saturated carbocycles. The molecule has 0 aliphatic carbocycles. The number of carbonyl (C=O) groups excluding carboxylic acids is 1. The van der Waals surface area contributed by atoms with Crippen LogP contribution in [0.5, 0.6) is 0 Å². The highest BCUT2D eigenvalue weighted by Crippen LogP contribution is 2.38. The molecular weight excluding hydrogens is 254 g/mol. The van der Waals surface area contributed by atoms with E-state index in [0.717, 1.165) is 17.7 Å². The zero-order valence-electron chi connectivity index (χ0n) is 9.87. The first-order valence-corrected chi connectivity index (χ1v) is 6.60. The largest absolute Gasteiger partial charge is 0.468 e. The monoisotopic (exact) mass is 267 g/mol. The number of nitro groups is 1. The first kappa shape index (κ1) is 12.9. The van der Waals surface area contributed by atoms with E-state index in [0.29, 0.717) is 0 Å². The molecule has 0 bridgehead atoms. The number of hydrogen-bond donors (Lipinski definition) is 0. The van der Waals surface area contributed by atoms with E-state index in [9.17, 15) is 14.9 Å². The Morgan fingerprint density at radius 1 is 1.44 bits per heavy atom. The van der Waals surface area contributed by atoms with Gasteiger partial charge in [0, 0.05) is 17.9 Å². The number of rotatable bonds is 3. The topological polar surface area (TPSA) is 69.4 Å². The molecule has 5 nitrogen and oxygen atoms in total. The van der Waals surface area contributed by atoms with Gasteiger partial charge in [0.1, 0.15) is 5.25 Å². The van der Waals surface area contributed by atoms with E-state index in [1.54, 1.807) is 23.9 Å². The maximum Gasteiger partial charge on any atom is 0.318 e. The lowest BCUT2D eigenvalue weighted by Gasteiger charge is -2.09. The summed E-state index contributed by atoms with van der Waals surface area (Å²) in [4.78, 5) is 21.5. The second kappa shape index (κ2) is 5.39. The average Bonchev–Trinajstić information content (AvgIpc) is 2.87. The Kier molecular flexibility index (Phi) is 3.86. The van der Waals surface area contributed by atoms with E-state index in [2.05, 4.69) is 0 Å². The summed E-state index contributed by atoms with van der Waals surface area (Å²) in [5, 5.41) is 10.4. The van der Waals surface area contributed by atoms with Crippen LogP contribution >= 0.6 is 11.8 Å². The highest BCUT2D eigenvalue weighted by atomic mass is 32.2. The lowest BCUT2D eigenvalue weighted by atomic mass is 9.96. The summed E-state index contributed by atoms with van der Waals surface area (Å²) in [6.07, 6.45) is 0.731. The van der Waals surface area contributed by atoms with Gasteiger partial charge >= 0.3 is 5.97 Å². The molecule has 0 unspecified atom stereocenters. The van der Waals surface area contributed by atoms with Crippen LogP contribution in [0.15, 0.2) is 24.3 Å². The van der Waals surface area contributed by atoms with Gasteiger partial charge in [-0.25, -0.2) is 0 Å². The van der Waals surface area contributed by atoms with Crippen LogP contribution in [0.3, 0.4) is 0 Å². The van der Waals surface area contributed by atoms with Gasteiger partial charge in [0.15, 0.2) is 0 Å². The minimum absolute atomic E-state index is 0.0916. The van der Waals surface area contributed by atoms with Crippen molar-refractivity contribution >= 4 is 23.4 Å². The van der Waals surface area contributed by atoms with Crippen molar-refractivity contribution in [1.82, 2.24) is 0 Å². The predicted octanol–water partition coefficient (Wildman–Crippen LogP) is 2.36. The van der Waals surface area contributed by atoms with Gasteiger partial charge in [0.2, 0.25) is 0 Å². The summed E-state index contributed by atoms with van der Waals surface area (Å²) in [5.41, 5.74) is 1.13. The van der Waals surface area contributed by atoms with Gasteiger partial charge in [0.05, 0.1) is 12.0 Å². The van der Waals surface area contributed by atoms with E-state index < -0.39 is 4.92 Å². The standard InChI is InChI=1S/C12H13NO4S/c1-17-12(14)11-6-9(7-18-11)8-2-4-10(5-3-8)13(15)16/h2-5,9,11H,6-7H2,1H3/t9-,11+/m1/s1. The molecule has 1 aliphatic rings. The van der Waals surface area contributed by atoms with Crippen LogP contribution in [0.2, 0.25) is 0 Å². The van der Waals surface area contributed by atoms with Gasteiger partial charge in [-0.1, -0.05) is 12.1 Å². The van der Waals surface area contributed by atoms with Crippen LogP contribution in [-0.4, -0.2) is 29.0 Å². The maximum atomic E-state index is 11.4. The third-order valence-corrected chi connectivity index (χ3v) is 4.42. The average molecular weight is 267 g/mol. The Hall–Kier alpha value is -1.56. The fourth-order valence-corrected chi connectivity index (χ4v) is 3.42. The molecule has 0 spiro atoms. The first-order chi connectivity index (χ1) is 8.61. The summed E-state index contributed by atoms with van der Waals surface area (Å²) >= 11 is 1.58. The molecule has 1 aliphatic heterocycles. The molecule has 6 heteroatoms. The van der Waals surface area contributed by atoms with Gasteiger partial charge in [0.25, 0.3) is 5.69 Å². The maximum absolute atomic E-state index is 11.4. The van der Waals surface area contributed by atoms with Gasteiger partial charge < -0.3 is 4.74 Å². The van der Waals surface area contributed by atoms with Crippen molar-refractivity contribution in [3.05, 3.63) is 39.9 Å². The lowest BCUT2D eigenvalue weighted by Crippen LogP contribution is -2.16. The zero-order chi connectivity index (χ0) is 13.1. The Balaban J connectivity index is 2.05. The van der Waals surface area contributed by atoms with Crippen LogP contribution in [0, 0.1) is 10.1 Å². The van der Waals surface area contributed by atoms with Crippen LogP contribution in [0.4, 0.5) is 5.69 Å².